The zero-order valence-corrected chi connectivity index (χ0v) is 15.2. The van der Waals surface area contributed by atoms with E-state index >= 15 is 0 Å². The van der Waals surface area contributed by atoms with Gasteiger partial charge in [-0.3, -0.25) is 0 Å². The van der Waals surface area contributed by atoms with Crippen molar-refractivity contribution in [3.05, 3.63) is 0 Å². The van der Waals surface area contributed by atoms with E-state index in [1.807, 2.05) is 0 Å². The largest absolute Gasteiger partial charge is 0.452 e. The number of esters is 1. The van der Waals surface area contributed by atoms with Gasteiger partial charge in [-0.25, -0.2) is 4.79 Å². The van der Waals surface area contributed by atoms with Gasteiger partial charge in [0.25, 0.3) is 0 Å². The van der Waals surface area contributed by atoms with Crippen LogP contribution in [0.25, 0.3) is 0 Å². The first-order valence-electron chi connectivity index (χ1n) is 8.26. The number of hydrogen-bond acceptors (Lipinski definition) is 9. The van der Waals surface area contributed by atoms with Gasteiger partial charge in [0.1, 0.15) is 32.2 Å². The smallest absolute Gasteiger partial charge is 0.332 e. The molecule has 0 saturated carbocycles. The lowest BCUT2D eigenvalue weighted by molar-refractivity contribution is -0.329. The van der Waals surface area contributed by atoms with E-state index in [1.165, 1.54) is 7.11 Å². The molecule has 144 valence electrons. The average Bonchev–Trinajstić information content (AvgIpc) is 2.99. The fourth-order valence-electron chi connectivity index (χ4n) is 3.31. The van der Waals surface area contributed by atoms with E-state index in [1.54, 1.807) is 27.7 Å². The van der Waals surface area contributed by atoms with Gasteiger partial charge < -0.3 is 37.9 Å². The Morgan fingerprint density at radius 1 is 1.12 bits per heavy atom. The molecule has 0 aromatic heterocycles. The Balaban J connectivity index is 1.77. The van der Waals surface area contributed by atoms with Crippen molar-refractivity contribution in [3.63, 3.8) is 0 Å². The summed E-state index contributed by atoms with van der Waals surface area (Å²) in [5.74, 6) is -3.49. The highest BCUT2D eigenvalue weighted by atomic mass is 16.9. The van der Waals surface area contributed by atoms with Crippen molar-refractivity contribution >= 4 is 5.97 Å². The standard InChI is InChI=1S/C16H26O9/c1-14(2)21-8-16(25-14)13(22-11(17)7-19-9-18-5)12-10(6-20-16)23-15(3,4)24-12/h10,12-13H,6-9H2,1-5H3/t10-,12-,13+,16+/m1/s1. The molecule has 1 spiro atoms. The molecule has 3 aliphatic heterocycles. The molecule has 0 aliphatic carbocycles. The topological polar surface area (TPSA) is 90.9 Å². The lowest BCUT2D eigenvalue weighted by Crippen LogP contribution is -2.63. The first-order chi connectivity index (χ1) is 11.7. The molecule has 3 heterocycles. The SMILES string of the molecule is COCOCC(=O)O[C@H]1[C@@H]2OC(C)(C)O[C@@H]2CO[C@]12COC(C)(C)O2. The first kappa shape index (κ1) is 19.0. The summed E-state index contributed by atoms with van der Waals surface area (Å²) in [5, 5.41) is 0. The number of fused-ring (bicyclic) bond motifs is 1. The number of ether oxygens (including phenoxy) is 8. The lowest BCUT2D eigenvalue weighted by Gasteiger charge is -2.43. The Morgan fingerprint density at radius 2 is 1.88 bits per heavy atom. The average molecular weight is 362 g/mol. The number of methoxy groups -OCH3 is 1. The van der Waals surface area contributed by atoms with Crippen molar-refractivity contribution in [2.45, 2.75) is 63.4 Å². The van der Waals surface area contributed by atoms with Gasteiger partial charge in [-0.05, 0) is 27.7 Å². The number of rotatable bonds is 5. The van der Waals surface area contributed by atoms with Crippen molar-refractivity contribution in [1.82, 2.24) is 0 Å². The van der Waals surface area contributed by atoms with Gasteiger partial charge in [0.15, 0.2) is 17.7 Å². The fraction of sp³-hybridized carbons (Fsp3) is 0.938. The van der Waals surface area contributed by atoms with E-state index < -0.39 is 35.5 Å². The summed E-state index contributed by atoms with van der Waals surface area (Å²) in [5.41, 5.74) is 0. The molecule has 3 rings (SSSR count). The Morgan fingerprint density at radius 3 is 2.52 bits per heavy atom. The summed E-state index contributed by atoms with van der Waals surface area (Å²) in [4.78, 5) is 12.2. The van der Waals surface area contributed by atoms with Gasteiger partial charge in [0.2, 0.25) is 5.79 Å². The summed E-state index contributed by atoms with van der Waals surface area (Å²) >= 11 is 0. The summed E-state index contributed by atoms with van der Waals surface area (Å²) in [7, 11) is 1.47. The molecule has 3 fully saturated rings. The maximum absolute atomic E-state index is 12.2. The second-order valence-electron chi connectivity index (χ2n) is 7.22. The monoisotopic (exact) mass is 362 g/mol. The lowest BCUT2D eigenvalue weighted by atomic mass is 9.97. The summed E-state index contributed by atoms with van der Waals surface area (Å²) in [6.45, 7) is 7.25. The Labute approximate surface area is 146 Å². The third-order valence-corrected chi connectivity index (χ3v) is 4.16. The van der Waals surface area contributed by atoms with Gasteiger partial charge in [0, 0.05) is 7.11 Å². The highest BCUT2D eigenvalue weighted by Gasteiger charge is 2.64. The minimum Gasteiger partial charge on any atom is -0.452 e. The molecular formula is C16H26O9. The van der Waals surface area contributed by atoms with E-state index in [9.17, 15) is 4.79 Å². The van der Waals surface area contributed by atoms with Crippen LogP contribution >= 0.6 is 0 Å². The number of carbonyl (C=O) groups is 1. The van der Waals surface area contributed by atoms with Crippen molar-refractivity contribution in [2.24, 2.45) is 0 Å². The Kier molecular flexibility index (Phi) is 5.11. The summed E-state index contributed by atoms with van der Waals surface area (Å²) < 4.78 is 44.8. The number of hydrogen-bond donors (Lipinski definition) is 0. The summed E-state index contributed by atoms with van der Waals surface area (Å²) in [6.07, 6.45) is -1.76. The van der Waals surface area contributed by atoms with Gasteiger partial charge in [-0.2, -0.15) is 0 Å². The van der Waals surface area contributed by atoms with Crippen LogP contribution in [-0.4, -0.2) is 75.4 Å². The van der Waals surface area contributed by atoms with Crippen LogP contribution in [0.3, 0.4) is 0 Å². The second-order valence-corrected chi connectivity index (χ2v) is 7.22. The van der Waals surface area contributed by atoms with Gasteiger partial charge in [-0.15, -0.1) is 0 Å². The maximum Gasteiger partial charge on any atom is 0.332 e. The third-order valence-electron chi connectivity index (χ3n) is 4.16. The van der Waals surface area contributed by atoms with Crippen molar-refractivity contribution in [3.8, 4) is 0 Å². The van der Waals surface area contributed by atoms with E-state index in [2.05, 4.69) is 0 Å². The van der Waals surface area contributed by atoms with E-state index in [4.69, 9.17) is 37.9 Å². The van der Waals surface area contributed by atoms with Gasteiger partial charge in [-0.1, -0.05) is 0 Å². The van der Waals surface area contributed by atoms with Crippen LogP contribution in [0.15, 0.2) is 0 Å². The minimum atomic E-state index is -1.24. The van der Waals surface area contributed by atoms with Crippen LogP contribution in [0.4, 0.5) is 0 Å². The molecule has 4 atom stereocenters. The molecule has 0 unspecified atom stereocenters. The molecule has 25 heavy (non-hydrogen) atoms. The molecule has 0 amide bonds. The third kappa shape index (κ3) is 3.97. The van der Waals surface area contributed by atoms with Gasteiger partial charge in [0.05, 0.1) is 6.61 Å². The van der Waals surface area contributed by atoms with Crippen LogP contribution in [0.1, 0.15) is 27.7 Å². The molecule has 0 N–H and O–H groups in total. The molecule has 3 saturated heterocycles. The quantitative estimate of drug-likeness (QED) is 0.395. The molecule has 9 heteroatoms. The predicted molar refractivity (Wildman–Crippen MR) is 81.3 cm³/mol. The van der Waals surface area contributed by atoms with Gasteiger partial charge >= 0.3 is 5.97 Å². The van der Waals surface area contributed by atoms with Crippen molar-refractivity contribution < 1.29 is 42.7 Å². The van der Waals surface area contributed by atoms with E-state index in [0.29, 0.717) is 0 Å². The first-order valence-corrected chi connectivity index (χ1v) is 8.26. The zero-order chi connectivity index (χ0) is 18.3. The zero-order valence-electron chi connectivity index (χ0n) is 15.2. The Hall–Kier alpha value is -0.810. The van der Waals surface area contributed by atoms with Crippen molar-refractivity contribution in [2.75, 3.05) is 33.7 Å². The maximum atomic E-state index is 12.2. The molecule has 3 aliphatic rings. The van der Waals surface area contributed by atoms with Crippen molar-refractivity contribution in [1.29, 1.82) is 0 Å². The Bertz CT molecular complexity index is 504. The normalized spacial score (nSPS) is 38.7. The van der Waals surface area contributed by atoms with Crippen LogP contribution in [0.5, 0.6) is 0 Å². The molecule has 0 radical (unpaired) electrons. The van der Waals surface area contributed by atoms with Crippen LogP contribution < -0.4 is 0 Å². The highest BCUT2D eigenvalue weighted by molar-refractivity contribution is 5.71. The van der Waals surface area contributed by atoms with E-state index in [-0.39, 0.29) is 32.7 Å². The highest BCUT2D eigenvalue weighted by Crippen LogP contribution is 2.45. The minimum absolute atomic E-state index is 0.00719. The molecular weight excluding hydrogens is 336 g/mol. The van der Waals surface area contributed by atoms with E-state index in [0.717, 1.165) is 0 Å². The predicted octanol–water partition coefficient (Wildman–Crippen LogP) is 0.548. The van der Waals surface area contributed by atoms with Crippen LogP contribution in [-0.2, 0) is 42.7 Å². The molecule has 0 aromatic rings. The molecule has 9 nitrogen and oxygen atoms in total. The second kappa shape index (κ2) is 6.73. The number of carbonyl (C=O) groups excluding carboxylic acids is 1. The van der Waals surface area contributed by atoms with Crippen LogP contribution in [0.2, 0.25) is 0 Å². The molecule has 0 aromatic carbocycles. The fourth-order valence-corrected chi connectivity index (χ4v) is 3.31. The van der Waals surface area contributed by atoms with Crippen LogP contribution in [0, 0.1) is 0 Å². The molecule has 0 bridgehead atoms. The summed E-state index contributed by atoms with van der Waals surface area (Å²) in [6, 6.07) is 0.